The summed E-state index contributed by atoms with van der Waals surface area (Å²) in [5, 5.41) is 11.5. The molecule has 2 aromatic rings. The number of halogens is 1. The van der Waals surface area contributed by atoms with Crippen LogP contribution < -0.4 is 10.1 Å². The van der Waals surface area contributed by atoms with E-state index in [9.17, 15) is 14.0 Å². The van der Waals surface area contributed by atoms with Crippen LogP contribution in [0.25, 0.3) is 0 Å². The van der Waals surface area contributed by atoms with Gasteiger partial charge in [-0.25, -0.2) is 9.18 Å². The molecule has 0 heterocycles. The highest BCUT2D eigenvalue weighted by Crippen LogP contribution is 2.41. The summed E-state index contributed by atoms with van der Waals surface area (Å²) in [4.78, 5) is 23.7. The van der Waals surface area contributed by atoms with Gasteiger partial charge in [-0.05, 0) is 43.2 Å². The molecule has 5 nitrogen and oxygen atoms in total. The Morgan fingerprint density at radius 1 is 1.04 bits per heavy atom. The first-order valence-corrected chi connectivity index (χ1v) is 9.02. The molecule has 2 aromatic carbocycles. The van der Waals surface area contributed by atoms with Crippen LogP contribution in [0.15, 0.2) is 48.5 Å². The standard InChI is InChI=1S/C21H22FNO4/c22-18-7-3-2-6-17(18)21(12-4-1-5-13-21)20(26)23-15-8-10-16(11-9-15)27-14-19(24)25/h2-3,6-11H,1,4-5,12-14H2,(H,23,26)(H,24,25). The molecule has 6 heteroatoms. The minimum absolute atomic E-state index is 0.216. The zero-order valence-electron chi connectivity index (χ0n) is 14.9. The van der Waals surface area contributed by atoms with E-state index in [4.69, 9.17) is 9.84 Å². The summed E-state index contributed by atoms with van der Waals surface area (Å²) in [5.41, 5.74) is 0.134. The lowest BCUT2D eigenvalue weighted by Crippen LogP contribution is -2.42. The van der Waals surface area contributed by atoms with Gasteiger partial charge in [0, 0.05) is 11.3 Å². The zero-order valence-corrected chi connectivity index (χ0v) is 14.9. The second-order valence-corrected chi connectivity index (χ2v) is 6.78. The molecule has 1 amide bonds. The highest BCUT2D eigenvalue weighted by molar-refractivity contribution is 5.99. The second kappa shape index (κ2) is 8.20. The van der Waals surface area contributed by atoms with Gasteiger partial charge in [0.1, 0.15) is 11.6 Å². The summed E-state index contributed by atoms with van der Waals surface area (Å²) in [6.45, 7) is -0.428. The summed E-state index contributed by atoms with van der Waals surface area (Å²) in [6, 6.07) is 13.0. The number of carboxylic acids is 1. The van der Waals surface area contributed by atoms with Crippen molar-refractivity contribution in [3.63, 3.8) is 0 Å². The molecular formula is C21H22FNO4. The number of ether oxygens (including phenoxy) is 1. The van der Waals surface area contributed by atoms with Gasteiger partial charge in [-0.1, -0.05) is 37.5 Å². The van der Waals surface area contributed by atoms with Crippen LogP contribution in [0.4, 0.5) is 10.1 Å². The summed E-state index contributed by atoms with van der Waals surface area (Å²) < 4.78 is 19.6. The molecule has 27 heavy (non-hydrogen) atoms. The van der Waals surface area contributed by atoms with Gasteiger partial charge in [-0.2, -0.15) is 0 Å². The van der Waals surface area contributed by atoms with Crippen molar-refractivity contribution in [2.45, 2.75) is 37.5 Å². The normalized spacial score (nSPS) is 15.7. The van der Waals surface area contributed by atoms with Crippen molar-refractivity contribution in [2.75, 3.05) is 11.9 Å². The van der Waals surface area contributed by atoms with Gasteiger partial charge in [0.15, 0.2) is 6.61 Å². The monoisotopic (exact) mass is 371 g/mol. The zero-order chi connectivity index (χ0) is 19.3. The van der Waals surface area contributed by atoms with Gasteiger partial charge in [0.05, 0.1) is 5.41 Å². The van der Waals surface area contributed by atoms with E-state index >= 15 is 0 Å². The van der Waals surface area contributed by atoms with Crippen LogP contribution >= 0.6 is 0 Å². The summed E-state index contributed by atoms with van der Waals surface area (Å²) >= 11 is 0. The lowest BCUT2D eigenvalue weighted by atomic mass is 9.68. The van der Waals surface area contributed by atoms with Gasteiger partial charge in [-0.3, -0.25) is 4.79 Å². The molecule has 3 rings (SSSR count). The number of aliphatic carboxylic acids is 1. The van der Waals surface area contributed by atoms with Crippen molar-refractivity contribution in [3.05, 3.63) is 59.9 Å². The van der Waals surface area contributed by atoms with E-state index in [2.05, 4.69) is 5.32 Å². The summed E-state index contributed by atoms with van der Waals surface area (Å²) in [7, 11) is 0. The van der Waals surface area contributed by atoms with Crippen molar-refractivity contribution in [2.24, 2.45) is 0 Å². The fourth-order valence-corrected chi connectivity index (χ4v) is 3.65. The van der Waals surface area contributed by atoms with Crippen molar-refractivity contribution < 1.29 is 23.8 Å². The quantitative estimate of drug-likeness (QED) is 0.801. The Hall–Kier alpha value is -2.89. The smallest absolute Gasteiger partial charge is 0.341 e. The van der Waals surface area contributed by atoms with Gasteiger partial charge in [0.25, 0.3) is 0 Å². The Kier molecular flexibility index (Phi) is 5.74. The maximum Gasteiger partial charge on any atom is 0.341 e. The molecule has 0 radical (unpaired) electrons. The number of benzene rings is 2. The van der Waals surface area contributed by atoms with Crippen LogP contribution in [-0.4, -0.2) is 23.6 Å². The lowest BCUT2D eigenvalue weighted by Gasteiger charge is -2.36. The number of hydrogen-bond acceptors (Lipinski definition) is 3. The molecule has 142 valence electrons. The fraction of sp³-hybridized carbons (Fsp3) is 0.333. The third kappa shape index (κ3) is 4.27. The predicted molar refractivity (Wildman–Crippen MR) is 99.4 cm³/mol. The van der Waals surface area contributed by atoms with Crippen molar-refractivity contribution in [1.29, 1.82) is 0 Å². The Morgan fingerprint density at radius 3 is 2.33 bits per heavy atom. The first-order valence-electron chi connectivity index (χ1n) is 9.02. The first kappa shape index (κ1) is 18.9. The second-order valence-electron chi connectivity index (χ2n) is 6.78. The maximum atomic E-state index is 14.5. The van der Waals surface area contributed by atoms with Crippen LogP contribution in [0, 0.1) is 5.82 Å². The van der Waals surface area contributed by atoms with Crippen molar-refractivity contribution in [3.8, 4) is 5.75 Å². The molecule has 0 unspecified atom stereocenters. The van der Waals surface area contributed by atoms with E-state index in [0.29, 0.717) is 29.8 Å². The average molecular weight is 371 g/mol. The third-order valence-electron chi connectivity index (χ3n) is 5.01. The van der Waals surface area contributed by atoms with E-state index in [0.717, 1.165) is 19.3 Å². The summed E-state index contributed by atoms with van der Waals surface area (Å²) in [5.74, 6) is -1.23. The van der Waals surface area contributed by atoms with E-state index in [1.807, 2.05) is 0 Å². The molecule has 0 atom stereocenters. The molecular weight excluding hydrogens is 349 g/mol. The minimum atomic E-state index is -1.06. The number of carboxylic acid groups (broad SMARTS) is 1. The topological polar surface area (TPSA) is 75.6 Å². The Balaban J connectivity index is 1.79. The predicted octanol–water partition coefficient (Wildman–Crippen LogP) is 4.13. The molecule has 0 aromatic heterocycles. The largest absolute Gasteiger partial charge is 0.482 e. The number of anilines is 1. The number of amides is 1. The molecule has 1 aliphatic carbocycles. The van der Waals surface area contributed by atoms with E-state index in [1.165, 1.54) is 6.07 Å². The van der Waals surface area contributed by atoms with E-state index < -0.39 is 18.0 Å². The fourth-order valence-electron chi connectivity index (χ4n) is 3.65. The Bertz CT molecular complexity index is 813. The lowest BCUT2D eigenvalue weighted by molar-refractivity contribution is -0.139. The number of hydrogen-bond donors (Lipinski definition) is 2. The number of carbonyl (C=O) groups is 2. The number of carbonyl (C=O) groups excluding carboxylic acids is 1. The molecule has 1 aliphatic rings. The molecule has 0 saturated heterocycles. The molecule has 2 N–H and O–H groups in total. The Labute approximate surface area is 157 Å². The maximum absolute atomic E-state index is 14.5. The SMILES string of the molecule is O=C(O)COc1ccc(NC(=O)C2(c3ccccc3F)CCCCC2)cc1. The van der Waals surface area contributed by atoms with Crippen LogP contribution in [-0.2, 0) is 15.0 Å². The van der Waals surface area contributed by atoms with Gasteiger partial charge < -0.3 is 15.2 Å². The van der Waals surface area contributed by atoms with Crippen LogP contribution in [0.1, 0.15) is 37.7 Å². The van der Waals surface area contributed by atoms with Gasteiger partial charge in [-0.15, -0.1) is 0 Å². The highest BCUT2D eigenvalue weighted by atomic mass is 19.1. The van der Waals surface area contributed by atoms with Gasteiger partial charge in [0.2, 0.25) is 5.91 Å². The molecule has 1 saturated carbocycles. The number of rotatable bonds is 6. The molecule has 0 bridgehead atoms. The molecule has 0 aliphatic heterocycles. The van der Waals surface area contributed by atoms with Crippen LogP contribution in [0.3, 0.4) is 0 Å². The molecule has 1 fully saturated rings. The van der Waals surface area contributed by atoms with Crippen LogP contribution in [0.2, 0.25) is 0 Å². The number of nitrogens with one attached hydrogen (secondary N) is 1. The summed E-state index contributed by atoms with van der Waals surface area (Å²) in [6.07, 6.45) is 4.02. The van der Waals surface area contributed by atoms with Crippen molar-refractivity contribution >= 4 is 17.6 Å². The minimum Gasteiger partial charge on any atom is -0.482 e. The third-order valence-corrected chi connectivity index (χ3v) is 5.01. The van der Waals surface area contributed by atoms with Crippen molar-refractivity contribution in [1.82, 2.24) is 0 Å². The molecule has 0 spiro atoms. The van der Waals surface area contributed by atoms with E-state index in [1.54, 1.807) is 42.5 Å². The highest BCUT2D eigenvalue weighted by Gasteiger charge is 2.42. The first-order chi connectivity index (χ1) is 13.0. The van der Waals surface area contributed by atoms with Gasteiger partial charge >= 0.3 is 5.97 Å². The van der Waals surface area contributed by atoms with Crippen LogP contribution in [0.5, 0.6) is 5.75 Å². The van der Waals surface area contributed by atoms with E-state index in [-0.39, 0.29) is 11.7 Å². The average Bonchev–Trinajstić information content (AvgIpc) is 2.68. The Morgan fingerprint density at radius 2 is 1.70 bits per heavy atom.